The van der Waals surface area contributed by atoms with E-state index in [4.69, 9.17) is 0 Å². The number of Topliss-reactive ketones (excluding diaryl/α,β-unsaturated/α-hetero) is 1. The van der Waals surface area contributed by atoms with Crippen molar-refractivity contribution in [3.05, 3.63) is 53.6 Å². The van der Waals surface area contributed by atoms with Crippen LogP contribution in [0.3, 0.4) is 0 Å². The van der Waals surface area contributed by atoms with Crippen LogP contribution in [0.15, 0.2) is 52.5 Å². The molecule has 180 valence electrons. The Kier molecular flexibility index (Phi) is 7.25. The fraction of sp³-hybridized carbons (Fsp3) is 0.400. The SMILES string of the molecule is Cc1cccc(C)c1-n1c(SC2CCCCCC2=O)nnc1-c1cccc(S(=O)(=O)N(C)C)c1. The van der Waals surface area contributed by atoms with Crippen molar-refractivity contribution in [1.82, 2.24) is 19.1 Å². The van der Waals surface area contributed by atoms with E-state index in [1.165, 1.54) is 30.2 Å². The van der Waals surface area contributed by atoms with Crippen LogP contribution in [0.4, 0.5) is 0 Å². The Morgan fingerprint density at radius 1 is 1.00 bits per heavy atom. The predicted molar refractivity (Wildman–Crippen MR) is 135 cm³/mol. The summed E-state index contributed by atoms with van der Waals surface area (Å²) in [6.07, 6.45) is 4.47. The molecule has 7 nitrogen and oxygen atoms in total. The molecule has 1 aromatic heterocycles. The van der Waals surface area contributed by atoms with E-state index in [1.54, 1.807) is 18.2 Å². The summed E-state index contributed by atoms with van der Waals surface area (Å²) in [7, 11) is -0.575. The van der Waals surface area contributed by atoms with Gasteiger partial charge < -0.3 is 0 Å². The zero-order valence-electron chi connectivity index (χ0n) is 20.0. The number of hydrogen-bond acceptors (Lipinski definition) is 6. The lowest BCUT2D eigenvalue weighted by Gasteiger charge is -2.18. The molecule has 2 aromatic carbocycles. The van der Waals surface area contributed by atoms with Gasteiger partial charge in [0.1, 0.15) is 5.78 Å². The summed E-state index contributed by atoms with van der Waals surface area (Å²) in [5.74, 6) is 0.816. The minimum absolute atomic E-state index is 0.150. The molecule has 1 fully saturated rings. The van der Waals surface area contributed by atoms with Crippen LogP contribution in [0.1, 0.15) is 43.2 Å². The third-order valence-corrected chi connectivity index (χ3v) is 9.23. The lowest BCUT2D eigenvalue weighted by Crippen LogP contribution is -2.22. The number of ketones is 1. The molecular formula is C25H30N4O3S2. The predicted octanol–water partition coefficient (Wildman–Crippen LogP) is 4.80. The molecule has 0 amide bonds. The summed E-state index contributed by atoms with van der Waals surface area (Å²) >= 11 is 1.47. The molecule has 1 atom stereocenters. The van der Waals surface area contributed by atoms with Gasteiger partial charge in [-0.2, -0.15) is 0 Å². The van der Waals surface area contributed by atoms with Gasteiger partial charge in [-0.3, -0.25) is 9.36 Å². The molecule has 34 heavy (non-hydrogen) atoms. The summed E-state index contributed by atoms with van der Waals surface area (Å²) < 4.78 is 28.7. The number of nitrogens with zero attached hydrogens (tertiary/aromatic N) is 4. The van der Waals surface area contributed by atoms with Crippen LogP contribution in [0, 0.1) is 13.8 Å². The van der Waals surface area contributed by atoms with Crippen molar-refractivity contribution in [2.45, 2.75) is 61.3 Å². The normalized spacial score (nSPS) is 17.2. The quantitative estimate of drug-likeness (QED) is 0.454. The molecule has 0 saturated heterocycles. The summed E-state index contributed by atoms with van der Waals surface area (Å²) in [5, 5.41) is 9.50. The first-order chi connectivity index (χ1) is 16.2. The number of sulfonamides is 1. The van der Waals surface area contributed by atoms with Crippen LogP contribution in [-0.2, 0) is 14.8 Å². The summed E-state index contributed by atoms with van der Waals surface area (Å²) in [4.78, 5) is 12.9. The second-order valence-corrected chi connectivity index (χ2v) is 12.2. The molecule has 1 unspecified atom stereocenters. The number of aryl methyl sites for hydroxylation is 2. The summed E-state index contributed by atoms with van der Waals surface area (Å²) in [5.41, 5.74) is 3.70. The maximum absolute atomic E-state index is 12.8. The second kappa shape index (κ2) is 10.0. The average molecular weight is 499 g/mol. The van der Waals surface area contributed by atoms with Gasteiger partial charge in [-0.25, -0.2) is 12.7 Å². The van der Waals surface area contributed by atoms with Crippen molar-refractivity contribution in [3.8, 4) is 17.1 Å². The molecule has 0 N–H and O–H groups in total. The highest BCUT2D eigenvalue weighted by Gasteiger charge is 2.27. The number of rotatable bonds is 6. The van der Waals surface area contributed by atoms with Gasteiger partial charge in [0.05, 0.1) is 15.8 Å². The molecule has 0 aliphatic heterocycles. The van der Waals surface area contributed by atoms with Crippen molar-refractivity contribution in [1.29, 1.82) is 0 Å². The van der Waals surface area contributed by atoms with Crippen LogP contribution < -0.4 is 0 Å². The van der Waals surface area contributed by atoms with Crippen molar-refractivity contribution >= 4 is 27.6 Å². The van der Waals surface area contributed by atoms with Gasteiger partial charge in [-0.05, 0) is 49.9 Å². The first-order valence-corrected chi connectivity index (χ1v) is 13.8. The molecule has 1 aliphatic rings. The van der Waals surface area contributed by atoms with Crippen LogP contribution in [0.2, 0.25) is 0 Å². The fourth-order valence-corrected chi connectivity index (χ4v) is 6.39. The van der Waals surface area contributed by atoms with Gasteiger partial charge >= 0.3 is 0 Å². The first-order valence-electron chi connectivity index (χ1n) is 11.4. The number of aromatic nitrogens is 3. The Morgan fingerprint density at radius 2 is 1.71 bits per heavy atom. The highest BCUT2D eigenvalue weighted by atomic mass is 32.2. The fourth-order valence-electron chi connectivity index (χ4n) is 4.28. The van der Waals surface area contributed by atoms with Gasteiger partial charge in [-0.15, -0.1) is 10.2 Å². The second-order valence-electron chi connectivity index (χ2n) is 8.87. The smallest absolute Gasteiger partial charge is 0.242 e. The summed E-state index contributed by atoms with van der Waals surface area (Å²) in [6.45, 7) is 4.06. The molecule has 4 rings (SSSR count). The molecule has 3 aromatic rings. The van der Waals surface area contributed by atoms with Gasteiger partial charge in [0, 0.05) is 26.1 Å². The van der Waals surface area contributed by atoms with Crippen molar-refractivity contribution in [2.24, 2.45) is 0 Å². The van der Waals surface area contributed by atoms with E-state index >= 15 is 0 Å². The van der Waals surface area contributed by atoms with Crippen LogP contribution in [0.25, 0.3) is 17.1 Å². The maximum atomic E-state index is 12.8. The Hall–Kier alpha value is -2.49. The van der Waals surface area contributed by atoms with E-state index in [-0.39, 0.29) is 15.9 Å². The minimum Gasteiger partial charge on any atom is -0.298 e. The zero-order valence-corrected chi connectivity index (χ0v) is 21.6. The van der Waals surface area contributed by atoms with Gasteiger partial charge in [-0.1, -0.05) is 54.9 Å². The third-order valence-electron chi connectivity index (χ3n) is 6.16. The number of carbonyl (C=O) groups is 1. The Bertz CT molecular complexity index is 1300. The molecule has 1 heterocycles. The first kappa shape index (κ1) is 24.6. The topological polar surface area (TPSA) is 85.2 Å². The highest BCUT2D eigenvalue weighted by Crippen LogP contribution is 2.36. The number of thioether (sulfide) groups is 1. The van der Waals surface area contributed by atoms with E-state index < -0.39 is 10.0 Å². The number of hydrogen-bond donors (Lipinski definition) is 0. The standard InChI is InChI=1S/C25H30N4O3S2/c1-17-10-8-11-18(2)23(17)29-24(19-12-9-13-20(16-19)34(31,32)28(3)4)26-27-25(29)33-22-15-7-5-6-14-21(22)30/h8-13,16,22H,5-7,14-15H2,1-4H3. The Labute approximate surface area is 205 Å². The molecule has 1 saturated carbocycles. The largest absolute Gasteiger partial charge is 0.298 e. The average Bonchev–Trinajstić information content (AvgIpc) is 3.09. The van der Waals surface area contributed by atoms with Crippen LogP contribution in [-0.4, -0.2) is 52.6 Å². The molecule has 1 aliphatic carbocycles. The molecule has 9 heteroatoms. The molecule has 0 spiro atoms. The van der Waals surface area contributed by atoms with Gasteiger partial charge in [0.2, 0.25) is 10.0 Å². The van der Waals surface area contributed by atoms with Crippen molar-refractivity contribution < 1.29 is 13.2 Å². The molecule has 0 radical (unpaired) electrons. The monoisotopic (exact) mass is 498 g/mol. The molecule has 0 bridgehead atoms. The van der Waals surface area contributed by atoms with Crippen LogP contribution in [0.5, 0.6) is 0 Å². The van der Waals surface area contributed by atoms with Crippen molar-refractivity contribution in [2.75, 3.05) is 14.1 Å². The Balaban J connectivity index is 1.87. The van der Waals surface area contributed by atoms with Gasteiger partial charge in [0.25, 0.3) is 0 Å². The lowest BCUT2D eigenvalue weighted by atomic mass is 10.1. The number of benzene rings is 2. The van der Waals surface area contributed by atoms with E-state index in [1.807, 2.05) is 42.7 Å². The van der Waals surface area contributed by atoms with Gasteiger partial charge in [0.15, 0.2) is 11.0 Å². The number of para-hydroxylation sites is 1. The van der Waals surface area contributed by atoms with E-state index in [9.17, 15) is 13.2 Å². The maximum Gasteiger partial charge on any atom is 0.242 e. The van der Waals surface area contributed by atoms with Crippen molar-refractivity contribution in [3.63, 3.8) is 0 Å². The lowest BCUT2D eigenvalue weighted by molar-refractivity contribution is -0.118. The van der Waals surface area contributed by atoms with E-state index in [0.717, 1.165) is 42.5 Å². The zero-order chi connectivity index (χ0) is 24.5. The molecular weight excluding hydrogens is 468 g/mol. The van der Waals surface area contributed by atoms with Crippen LogP contribution >= 0.6 is 11.8 Å². The van der Waals surface area contributed by atoms with E-state index in [2.05, 4.69) is 10.2 Å². The summed E-state index contributed by atoms with van der Waals surface area (Å²) in [6, 6.07) is 12.8. The third kappa shape index (κ3) is 4.82. The Morgan fingerprint density at radius 3 is 2.41 bits per heavy atom. The minimum atomic E-state index is -3.60. The highest BCUT2D eigenvalue weighted by molar-refractivity contribution is 8.00. The number of carbonyl (C=O) groups excluding carboxylic acids is 1. The van der Waals surface area contributed by atoms with E-state index in [0.29, 0.717) is 23.0 Å².